The predicted octanol–water partition coefficient (Wildman–Crippen LogP) is 1.24. The van der Waals surface area contributed by atoms with Crippen LogP contribution in [-0.4, -0.2) is 17.3 Å². The van der Waals surface area contributed by atoms with Gasteiger partial charge in [0.2, 0.25) is 0 Å². The number of rotatable bonds is 3. The van der Waals surface area contributed by atoms with Crippen LogP contribution in [0.4, 0.5) is 11.5 Å². The Morgan fingerprint density at radius 3 is 2.65 bits per heavy atom. The number of nitrogens with two attached hydrogens (primary N) is 2. The van der Waals surface area contributed by atoms with Crippen molar-refractivity contribution in [2.75, 3.05) is 18.6 Å². The first kappa shape index (κ1) is 11.2. The highest BCUT2D eigenvalue weighted by Crippen LogP contribution is 2.21. The average Bonchev–Trinajstić information content (AvgIpc) is 2.34. The van der Waals surface area contributed by atoms with Gasteiger partial charge in [-0.25, -0.2) is 0 Å². The van der Waals surface area contributed by atoms with Crippen molar-refractivity contribution in [2.24, 2.45) is 0 Å². The van der Waals surface area contributed by atoms with Crippen molar-refractivity contribution >= 4 is 11.5 Å². The van der Waals surface area contributed by atoms with Crippen molar-refractivity contribution in [1.82, 2.24) is 10.2 Å². The lowest BCUT2D eigenvalue weighted by Crippen LogP contribution is -2.03. The smallest absolute Gasteiger partial charge is 0.169 e. The van der Waals surface area contributed by atoms with Crippen molar-refractivity contribution < 1.29 is 4.74 Å². The van der Waals surface area contributed by atoms with Crippen LogP contribution in [-0.2, 0) is 6.42 Å². The number of nitrogens with zero attached hydrogens (tertiary/aromatic N) is 2. The SMILES string of the molecule is COc1ccccc1Cc1cc(N)c(N)nn1. The van der Waals surface area contributed by atoms with Crippen molar-refractivity contribution in [3.8, 4) is 5.75 Å². The van der Waals surface area contributed by atoms with E-state index in [1.165, 1.54) is 0 Å². The highest BCUT2D eigenvalue weighted by molar-refractivity contribution is 5.57. The van der Waals surface area contributed by atoms with Gasteiger partial charge in [-0.1, -0.05) is 18.2 Å². The Hall–Kier alpha value is -2.30. The van der Waals surface area contributed by atoms with Gasteiger partial charge in [0, 0.05) is 12.0 Å². The molecule has 0 unspecified atom stereocenters. The van der Waals surface area contributed by atoms with Crippen molar-refractivity contribution in [1.29, 1.82) is 0 Å². The molecule has 0 fully saturated rings. The fourth-order valence-electron chi connectivity index (χ4n) is 1.59. The molecule has 0 saturated heterocycles. The van der Waals surface area contributed by atoms with E-state index >= 15 is 0 Å². The molecule has 0 bridgehead atoms. The lowest BCUT2D eigenvalue weighted by Gasteiger charge is -2.07. The highest BCUT2D eigenvalue weighted by atomic mass is 16.5. The summed E-state index contributed by atoms with van der Waals surface area (Å²) in [5.74, 6) is 1.08. The maximum Gasteiger partial charge on any atom is 0.169 e. The summed E-state index contributed by atoms with van der Waals surface area (Å²) in [7, 11) is 1.64. The molecule has 0 aliphatic rings. The second kappa shape index (κ2) is 4.69. The van der Waals surface area contributed by atoms with E-state index in [2.05, 4.69) is 10.2 Å². The zero-order chi connectivity index (χ0) is 12.3. The summed E-state index contributed by atoms with van der Waals surface area (Å²) in [5, 5.41) is 7.79. The quantitative estimate of drug-likeness (QED) is 0.828. The highest BCUT2D eigenvalue weighted by Gasteiger charge is 2.06. The third-order valence-corrected chi connectivity index (χ3v) is 2.47. The minimum atomic E-state index is 0.258. The Labute approximate surface area is 99.4 Å². The van der Waals surface area contributed by atoms with Gasteiger partial charge in [0.1, 0.15) is 5.75 Å². The second-order valence-electron chi connectivity index (χ2n) is 3.66. The molecule has 1 aromatic carbocycles. The molecule has 5 nitrogen and oxygen atoms in total. The summed E-state index contributed by atoms with van der Waals surface area (Å²) in [6, 6.07) is 9.49. The number of hydrogen-bond donors (Lipinski definition) is 2. The molecule has 0 spiro atoms. The average molecular weight is 230 g/mol. The monoisotopic (exact) mass is 230 g/mol. The van der Waals surface area contributed by atoms with E-state index in [-0.39, 0.29) is 5.82 Å². The maximum absolute atomic E-state index is 5.69. The molecular weight excluding hydrogens is 216 g/mol. The molecule has 1 heterocycles. The van der Waals surface area contributed by atoms with Gasteiger partial charge in [-0.05, 0) is 12.1 Å². The fraction of sp³-hybridized carbons (Fsp3) is 0.167. The zero-order valence-electron chi connectivity index (χ0n) is 9.55. The topological polar surface area (TPSA) is 87.0 Å². The van der Waals surface area contributed by atoms with Gasteiger partial charge in [0.05, 0.1) is 18.5 Å². The molecule has 2 rings (SSSR count). The van der Waals surface area contributed by atoms with Crippen LogP contribution in [0.25, 0.3) is 0 Å². The lowest BCUT2D eigenvalue weighted by atomic mass is 10.1. The molecule has 5 heteroatoms. The molecule has 2 aromatic rings. The van der Waals surface area contributed by atoms with Crippen LogP contribution in [0.5, 0.6) is 5.75 Å². The normalized spacial score (nSPS) is 10.2. The number of para-hydroxylation sites is 1. The van der Waals surface area contributed by atoms with Crippen LogP contribution in [0, 0.1) is 0 Å². The summed E-state index contributed by atoms with van der Waals surface area (Å²) >= 11 is 0. The molecular formula is C12H14N4O. The Morgan fingerprint density at radius 2 is 1.94 bits per heavy atom. The van der Waals surface area contributed by atoms with Crippen LogP contribution < -0.4 is 16.2 Å². The van der Waals surface area contributed by atoms with Crippen LogP contribution in [0.15, 0.2) is 30.3 Å². The van der Waals surface area contributed by atoms with Crippen LogP contribution in [0.3, 0.4) is 0 Å². The van der Waals surface area contributed by atoms with Crippen molar-refractivity contribution in [2.45, 2.75) is 6.42 Å². The zero-order valence-corrected chi connectivity index (χ0v) is 9.55. The molecule has 0 radical (unpaired) electrons. The van der Waals surface area contributed by atoms with E-state index in [4.69, 9.17) is 16.2 Å². The first-order valence-corrected chi connectivity index (χ1v) is 5.20. The number of hydrogen-bond acceptors (Lipinski definition) is 5. The van der Waals surface area contributed by atoms with Crippen LogP contribution in [0.1, 0.15) is 11.3 Å². The molecule has 88 valence electrons. The third-order valence-electron chi connectivity index (χ3n) is 2.47. The molecule has 17 heavy (non-hydrogen) atoms. The van der Waals surface area contributed by atoms with E-state index in [1.807, 2.05) is 24.3 Å². The van der Waals surface area contributed by atoms with Gasteiger partial charge in [-0.2, -0.15) is 5.10 Å². The van der Waals surface area contributed by atoms with Gasteiger partial charge in [0.25, 0.3) is 0 Å². The Bertz CT molecular complexity index is 528. The van der Waals surface area contributed by atoms with E-state index < -0.39 is 0 Å². The molecule has 0 aliphatic carbocycles. The standard InChI is InChI=1S/C12H14N4O/c1-17-11-5-3-2-4-8(11)6-9-7-10(13)12(14)16-15-9/h2-5,7H,6H2,1H3,(H2,13,15)(H2,14,16). The van der Waals surface area contributed by atoms with E-state index in [9.17, 15) is 0 Å². The number of nitrogen functional groups attached to an aromatic ring is 2. The molecule has 0 saturated carbocycles. The number of anilines is 2. The Balaban J connectivity index is 2.28. The summed E-state index contributed by atoms with van der Waals surface area (Å²) in [6.45, 7) is 0. The third kappa shape index (κ3) is 2.44. The Morgan fingerprint density at radius 1 is 1.18 bits per heavy atom. The summed E-state index contributed by atoms with van der Waals surface area (Å²) in [5.41, 5.74) is 13.5. The fourth-order valence-corrected chi connectivity index (χ4v) is 1.59. The molecule has 1 aromatic heterocycles. The number of ether oxygens (including phenoxy) is 1. The minimum Gasteiger partial charge on any atom is -0.496 e. The number of benzene rings is 1. The molecule has 4 N–H and O–H groups in total. The number of aromatic nitrogens is 2. The van der Waals surface area contributed by atoms with Gasteiger partial charge >= 0.3 is 0 Å². The van der Waals surface area contributed by atoms with E-state index in [0.29, 0.717) is 12.1 Å². The minimum absolute atomic E-state index is 0.258. The lowest BCUT2D eigenvalue weighted by molar-refractivity contribution is 0.410. The summed E-state index contributed by atoms with van der Waals surface area (Å²) in [6.07, 6.45) is 0.613. The predicted molar refractivity (Wildman–Crippen MR) is 66.7 cm³/mol. The van der Waals surface area contributed by atoms with Gasteiger partial charge in [-0.15, -0.1) is 5.10 Å². The second-order valence-corrected chi connectivity index (χ2v) is 3.66. The largest absolute Gasteiger partial charge is 0.496 e. The van der Waals surface area contributed by atoms with E-state index in [0.717, 1.165) is 17.0 Å². The maximum atomic E-state index is 5.69. The van der Waals surface area contributed by atoms with Gasteiger partial charge in [0.15, 0.2) is 5.82 Å². The molecule has 0 aliphatic heterocycles. The van der Waals surface area contributed by atoms with Gasteiger partial charge in [-0.3, -0.25) is 0 Å². The Kier molecular flexibility index (Phi) is 3.09. The summed E-state index contributed by atoms with van der Waals surface area (Å²) < 4.78 is 5.27. The molecule has 0 atom stereocenters. The summed E-state index contributed by atoms with van der Waals surface area (Å²) in [4.78, 5) is 0. The first-order chi connectivity index (χ1) is 8.20. The first-order valence-electron chi connectivity index (χ1n) is 5.20. The molecule has 0 amide bonds. The van der Waals surface area contributed by atoms with Crippen molar-refractivity contribution in [3.63, 3.8) is 0 Å². The van der Waals surface area contributed by atoms with E-state index in [1.54, 1.807) is 13.2 Å². The van der Waals surface area contributed by atoms with Crippen LogP contribution in [0.2, 0.25) is 0 Å². The number of methoxy groups -OCH3 is 1. The van der Waals surface area contributed by atoms with Crippen molar-refractivity contribution in [3.05, 3.63) is 41.6 Å². The van der Waals surface area contributed by atoms with Crippen LogP contribution >= 0.6 is 0 Å². The van der Waals surface area contributed by atoms with Gasteiger partial charge < -0.3 is 16.2 Å².